The van der Waals surface area contributed by atoms with Crippen LogP contribution < -0.4 is 10.2 Å². The van der Waals surface area contributed by atoms with Gasteiger partial charge in [0.15, 0.2) is 0 Å². The Morgan fingerprint density at radius 3 is 2.05 bits per heavy atom. The van der Waals surface area contributed by atoms with Crippen LogP contribution in [0.3, 0.4) is 0 Å². The van der Waals surface area contributed by atoms with Crippen molar-refractivity contribution >= 4 is 5.69 Å². The fourth-order valence-corrected chi connectivity index (χ4v) is 2.15. The quantitative estimate of drug-likeness (QED) is 0.792. The molecule has 0 unspecified atom stereocenters. The average Bonchev–Trinajstić information content (AvgIpc) is 2.41. The van der Waals surface area contributed by atoms with E-state index in [0.717, 1.165) is 26.2 Å². The Morgan fingerprint density at radius 2 is 1.57 bits per heavy atom. The topological polar surface area (TPSA) is 18.5 Å². The van der Waals surface area contributed by atoms with Gasteiger partial charge in [-0.05, 0) is 59.0 Å². The summed E-state index contributed by atoms with van der Waals surface area (Å²) in [4.78, 5) is 4.71. The lowest BCUT2D eigenvalue weighted by atomic mass is 10.1. The first-order valence-electron chi connectivity index (χ1n) is 8.05. The lowest BCUT2D eigenvalue weighted by Crippen LogP contribution is -2.35. The number of nitrogens with one attached hydrogen (secondary N) is 1. The second-order valence-electron chi connectivity index (χ2n) is 7.06. The number of hydrogen-bond acceptors (Lipinski definition) is 3. The van der Waals surface area contributed by atoms with Crippen molar-refractivity contribution in [2.45, 2.75) is 46.2 Å². The molecular weight excluding hydrogens is 258 g/mol. The summed E-state index contributed by atoms with van der Waals surface area (Å²) in [6, 6.07) is 8.99. The summed E-state index contributed by atoms with van der Waals surface area (Å²) >= 11 is 0. The maximum Gasteiger partial charge on any atom is 0.0366 e. The first-order chi connectivity index (χ1) is 9.81. The molecule has 0 aliphatic carbocycles. The number of benzene rings is 1. The summed E-state index contributed by atoms with van der Waals surface area (Å²) < 4.78 is 0. The van der Waals surface area contributed by atoms with Crippen LogP contribution in [0.5, 0.6) is 0 Å². The van der Waals surface area contributed by atoms with Gasteiger partial charge in [0.25, 0.3) is 0 Å². The zero-order chi connectivity index (χ0) is 15.9. The molecule has 0 spiro atoms. The van der Waals surface area contributed by atoms with Crippen molar-refractivity contribution in [3.63, 3.8) is 0 Å². The van der Waals surface area contributed by atoms with Crippen molar-refractivity contribution < 1.29 is 0 Å². The minimum Gasteiger partial charge on any atom is -0.370 e. The molecule has 0 amide bonds. The molecule has 1 aromatic carbocycles. The molecule has 1 aromatic rings. The van der Waals surface area contributed by atoms with E-state index in [9.17, 15) is 0 Å². The van der Waals surface area contributed by atoms with Crippen molar-refractivity contribution in [1.82, 2.24) is 10.2 Å². The number of likely N-dealkylation sites (N-methyl/N-ethyl adjacent to an activating group) is 1. The highest BCUT2D eigenvalue weighted by atomic mass is 15.2. The largest absolute Gasteiger partial charge is 0.370 e. The van der Waals surface area contributed by atoms with E-state index in [0.29, 0.717) is 0 Å². The predicted molar refractivity (Wildman–Crippen MR) is 94.1 cm³/mol. The van der Waals surface area contributed by atoms with Crippen molar-refractivity contribution in [3.05, 3.63) is 29.8 Å². The smallest absolute Gasteiger partial charge is 0.0366 e. The van der Waals surface area contributed by atoms with Crippen molar-refractivity contribution in [1.29, 1.82) is 0 Å². The minimum absolute atomic E-state index is 0.165. The number of anilines is 1. The molecule has 0 aromatic heterocycles. The van der Waals surface area contributed by atoms with Gasteiger partial charge in [-0.2, -0.15) is 0 Å². The van der Waals surface area contributed by atoms with Gasteiger partial charge in [0, 0.05) is 37.4 Å². The molecule has 0 fully saturated rings. The van der Waals surface area contributed by atoms with Gasteiger partial charge in [-0.25, -0.2) is 0 Å². The van der Waals surface area contributed by atoms with Crippen LogP contribution in [0, 0.1) is 0 Å². The minimum atomic E-state index is 0.165. The van der Waals surface area contributed by atoms with Crippen LogP contribution in [0.2, 0.25) is 0 Å². The van der Waals surface area contributed by atoms with Crippen LogP contribution >= 0.6 is 0 Å². The van der Waals surface area contributed by atoms with E-state index in [1.807, 2.05) is 0 Å². The van der Waals surface area contributed by atoms with E-state index >= 15 is 0 Å². The second-order valence-corrected chi connectivity index (χ2v) is 7.06. The van der Waals surface area contributed by atoms with E-state index in [-0.39, 0.29) is 5.54 Å². The highest BCUT2D eigenvalue weighted by Crippen LogP contribution is 2.16. The second kappa shape index (κ2) is 8.40. The van der Waals surface area contributed by atoms with Gasteiger partial charge < -0.3 is 15.1 Å². The van der Waals surface area contributed by atoms with Gasteiger partial charge >= 0.3 is 0 Å². The molecule has 0 saturated heterocycles. The SMILES string of the molecule is CCCN(CCN(C)C)c1ccc(CNC(C)(C)C)cc1. The van der Waals surface area contributed by atoms with Gasteiger partial charge in [0.1, 0.15) is 0 Å². The molecule has 1 rings (SSSR count). The molecule has 0 heterocycles. The third-order valence-electron chi connectivity index (χ3n) is 3.43. The monoisotopic (exact) mass is 291 g/mol. The van der Waals surface area contributed by atoms with E-state index in [1.54, 1.807) is 0 Å². The van der Waals surface area contributed by atoms with Crippen molar-refractivity contribution in [2.24, 2.45) is 0 Å². The third-order valence-corrected chi connectivity index (χ3v) is 3.43. The lowest BCUT2D eigenvalue weighted by Gasteiger charge is -2.26. The van der Waals surface area contributed by atoms with Crippen LogP contribution in [0.15, 0.2) is 24.3 Å². The summed E-state index contributed by atoms with van der Waals surface area (Å²) in [5, 5.41) is 3.53. The summed E-state index contributed by atoms with van der Waals surface area (Å²) in [5.74, 6) is 0. The van der Waals surface area contributed by atoms with Gasteiger partial charge in [-0.3, -0.25) is 0 Å². The van der Waals surface area contributed by atoms with Crippen LogP contribution in [-0.2, 0) is 6.54 Å². The third kappa shape index (κ3) is 7.49. The van der Waals surface area contributed by atoms with Gasteiger partial charge in [0.05, 0.1) is 0 Å². The normalized spacial score (nSPS) is 12.0. The van der Waals surface area contributed by atoms with Crippen LogP contribution in [-0.4, -0.2) is 44.2 Å². The molecule has 0 bridgehead atoms. The first-order valence-corrected chi connectivity index (χ1v) is 8.05. The molecule has 3 nitrogen and oxygen atoms in total. The summed E-state index contributed by atoms with van der Waals surface area (Å²) in [6.45, 7) is 13.1. The summed E-state index contributed by atoms with van der Waals surface area (Å²) in [6.07, 6.45) is 1.18. The van der Waals surface area contributed by atoms with Crippen LogP contribution in [0.25, 0.3) is 0 Å². The zero-order valence-electron chi connectivity index (χ0n) is 14.7. The average molecular weight is 291 g/mol. The number of hydrogen-bond donors (Lipinski definition) is 1. The molecule has 0 aliphatic rings. The molecule has 0 saturated carbocycles. The Labute approximate surface area is 131 Å². The lowest BCUT2D eigenvalue weighted by molar-refractivity contribution is 0.413. The van der Waals surface area contributed by atoms with Gasteiger partial charge in [-0.1, -0.05) is 19.1 Å². The Hall–Kier alpha value is -1.06. The van der Waals surface area contributed by atoms with E-state index in [2.05, 4.69) is 81.2 Å². The standard InChI is InChI=1S/C18H33N3/c1-7-12-21(14-13-20(5)6)17-10-8-16(9-11-17)15-19-18(2,3)4/h8-11,19H,7,12-15H2,1-6H3. The molecule has 0 radical (unpaired) electrons. The fraction of sp³-hybridized carbons (Fsp3) is 0.667. The summed E-state index contributed by atoms with van der Waals surface area (Å²) in [7, 11) is 4.26. The first kappa shape index (κ1) is 18.0. The van der Waals surface area contributed by atoms with Crippen LogP contribution in [0.1, 0.15) is 39.7 Å². The Morgan fingerprint density at radius 1 is 0.952 bits per heavy atom. The van der Waals surface area contributed by atoms with Crippen molar-refractivity contribution in [2.75, 3.05) is 38.6 Å². The molecule has 3 heteroatoms. The van der Waals surface area contributed by atoms with E-state index in [1.165, 1.54) is 17.7 Å². The van der Waals surface area contributed by atoms with E-state index < -0.39 is 0 Å². The van der Waals surface area contributed by atoms with Gasteiger partial charge in [-0.15, -0.1) is 0 Å². The molecule has 0 aliphatic heterocycles. The Balaban J connectivity index is 2.64. The van der Waals surface area contributed by atoms with Crippen LogP contribution in [0.4, 0.5) is 5.69 Å². The fourth-order valence-electron chi connectivity index (χ4n) is 2.15. The molecule has 1 N–H and O–H groups in total. The molecule has 120 valence electrons. The Bertz CT molecular complexity index is 390. The van der Waals surface area contributed by atoms with E-state index in [4.69, 9.17) is 0 Å². The maximum atomic E-state index is 3.53. The zero-order valence-corrected chi connectivity index (χ0v) is 14.7. The highest BCUT2D eigenvalue weighted by Gasteiger charge is 2.09. The highest BCUT2D eigenvalue weighted by molar-refractivity contribution is 5.47. The van der Waals surface area contributed by atoms with Crippen molar-refractivity contribution in [3.8, 4) is 0 Å². The maximum absolute atomic E-state index is 3.53. The summed E-state index contributed by atoms with van der Waals surface area (Å²) in [5.41, 5.74) is 2.84. The number of nitrogens with zero attached hydrogens (tertiary/aromatic N) is 2. The van der Waals surface area contributed by atoms with Gasteiger partial charge in [0.2, 0.25) is 0 Å². The molecule has 21 heavy (non-hydrogen) atoms. The molecule has 0 atom stereocenters. The number of rotatable bonds is 8. The Kier molecular flexibility index (Phi) is 7.20. The predicted octanol–water partition coefficient (Wildman–Crippen LogP) is 3.35. The molecular formula is C18H33N3.